The number of nitrogens with one attached hydrogen (secondary N) is 1. The highest BCUT2D eigenvalue weighted by molar-refractivity contribution is 5.76. The molecule has 2 saturated heterocycles. The number of hydrogen-bond acceptors (Lipinski definition) is 13. The van der Waals surface area contributed by atoms with Crippen LogP contribution in [0.4, 0.5) is 0 Å². The number of aliphatic hydroxyl groups excluding tert-OH is 8. The van der Waals surface area contributed by atoms with E-state index in [1.54, 1.807) is 6.08 Å². The fraction of sp³-hybridized carbons (Fsp3) is 0.917. The van der Waals surface area contributed by atoms with Crippen LogP contribution in [-0.2, 0) is 23.7 Å². The maximum absolute atomic E-state index is 12.8. The Morgan fingerprint density at radius 1 is 0.700 bits per heavy atom. The van der Waals surface area contributed by atoms with Crippen LogP contribution in [0.3, 0.4) is 0 Å². The first-order valence-corrected chi connectivity index (χ1v) is 18.9. The van der Waals surface area contributed by atoms with E-state index < -0.39 is 86.8 Å². The molecule has 294 valence electrons. The summed E-state index contributed by atoms with van der Waals surface area (Å²) in [5, 5.41) is 85.7. The summed E-state index contributed by atoms with van der Waals surface area (Å²) in [7, 11) is 0. The Bertz CT molecular complexity index is 909. The average molecular weight is 722 g/mol. The molecule has 0 spiro atoms. The molecule has 2 rings (SSSR count). The van der Waals surface area contributed by atoms with Gasteiger partial charge in [0.25, 0.3) is 0 Å². The summed E-state index contributed by atoms with van der Waals surface area (Å²) < 4.78 is 22.4. The minimum absolute atomic E-state index is 0.254. The molecule has 0 aliphatic carbocycles. The van der Waals surface area contributed by atoms with E-state index in [0.717, 1.165) is 51.4 Å². The molecule has 2 heterocycles. The third-order valence-corrected chi connectivity index (χ3v) is 9.47. The van der Waals surface area contributed by atoms with Gasteiger partial charge in [-0.1, -0.05) is 103 Å². The van der Waals surface area contributed by atoms with Gasteiger partial charge in [-0.2, -0.15) is 0 Å². The largest absolute Gasteiger partial charge is 0.394 e. The van der Waals surface area contributed by atoms with Crippen molar-refractivity contribution >= 4 is 5.91 Å². The van der Waals surface area contributed by atoms with Gasteiger partial charge in [0.1, 0.15) is 48.8 Å². The highest BCUT2D eigenvalue weighted by Crippen LogP contribution is 2.29. The van der Waals surface area contributed by atoms with Gasteiger partial charge in [0.05, 0.1) is 32.0 Å². The molecule has 1 amide bonds. The Morgan fingerprint density at radius 3 is 1.84 bits per heavy atom. The highest BCUT2D eigenvalue weighted by Gasteiger charge is 2.50. The summed E-state index contributed by atoms with van der Waals surface area (Å²) >= 11 is 0. The number of amides is 1. The number of allylic oxidation sites excluding steroid dienone is 1. The van der Waals surface area contributed by atoms with Crippen LogP contribution >= 0.6 is 0 Å². The Hall–Kier alpha value is -1.27. The van der Waals surface area contributed by atoms with E-state index in [9.17, 15) is 45.6 Å². The van der Waals surface area contributed by atoms with Gasteiger partial charge in [-0.3, -0.25) is 4.79 Å². The van der Waals surface area contributed by atoms with Crippen LogP contribution in [0.15, 0.2) is 12.2 Å². The van der Waals surface area contributed by atoms with Crippen LogP contribution in [0.1, 0.15) is 117 Å². The van der Waals surface area contributed by atoms with Crippen LogP contribution in [0.25, 0.3) is 0 Å². The molecule has 0 aromatic rings. The monoisotopic (exact) mass is 721 g/mol. The van der Waals surface area contributed by atoms with Crippen molar-refractivity contribution in [3.8, 4) is 0 Å². The lowest BCUT2D eigenvalue weighted by atomic mass is 9.97. The van der Waals surface area contributed by atoms with Crippen LogP contribution < -0.4 is 5.32 Å². The second-order valence-corrected chi connectivity index (χ2v) is 13.7. The van der Waals surface area contributed by atoms with Gasteiger partial charge in [-0.25, -0.2) is 0 Å². The molecule has 0 bridgehead atoms. The molecule has 12 unspecified atom stereocenters. The molecule has 0 radical (unpaired) electrons. The van der Waals surface area contributed by atoms with E-state index in [1.807, 2.05) is 6.08 Å². The number of aliphatic hydroxyl groups is 8. The Balaban J connectivity index is 1.99. The standard InChI is InChI=1S/C36H67NO13/c1-3-5-7-9-11-12-13-14-15-17-19-25(40)24(37-28(41)20-18-16-10-8-6-4-2)23-47-35-33(46)31(44)34(27(22-39)49-35)50-36-32(45)30(43)29(42)26(21-38)48-36/h17,19,24-27,29-36,38-40,42-46H,3-16,18,20-23H2,1-2H3,(H,37,41)/b19-17+. The molecular weight excluding hydrogens is 654 g/mol. The molecule has 2 aliphatic rings. The van der Waals surface area contributed by atoms with E-state index in [2.05, 4.69) is 19.2 Å². The number of ether oxygens (including phenoxy) is 4. The fourth-order valence-corrected chi connectivity index (χ4v) is 6.23. The Kier molecular flexibility index (Phi) is 23.0. The third-order valence-electron chi connectivity index (χ3n) is 9.47. The fourth-order valence-electron chi connectivity index (χ4n) is 6.23. The Morgan fingerprint density at radius 2 is 1.24 bits per heavy atom. The van der Waals surface area contributed by atoms with Gasteiger partial charge in [-0.15, -0.1) is 0 Å². The molecule has 14 nitrogen and oxygen atoms in total. The summed E-state index contributed by atoms with van der Waals surface area (Å²) in [5.74, 6) is -0.254. The first kappa shape index (κ1) is 44.9. The van der Waals surface area contributed by atoms with E-state index >= 15 is 0 Å². The zero-order chi connectivity index (χ0) is 36.9. The quantitative estimate of drug-likeness (QED) is 0.0454. The Labute approximate surface area is 297 Å². The predicted octanol–water partition coefficient (Wildman–Crippen LogP) is 1.31. The molecule has 50 heavy (non-hydrogen) atoms. The number of hydrogen-bond donors (Lipinski definition) is 9. The second-order valence-electron chi connectivity index (χ2n) is 13.7. The lowest BCUT2D eigenvalue weighted by Gasteiger charge is -2.46. The van der Waals surface area contributed by atoms with Gasteiger partial charge < -0.3 is 65.1 Å². The van der Waals surface area contributed by atoms with Crippen LogP contribution in [0.2, 0.25) is 0 Å². The topological polar surface area (TPSA) is 228 Å². The van der Waals surface area contributed by atoms with E-state index in [1.165, 1.54) is 38.5 Å². The van der Waals surface area contributed by atoms with Gasteiger partial charge in [0, 0.05) is 6.42 Å². The lowest BCUT2D eigenvalue weighted by Crippen LogP contribution is -2.65. The van der Waals surface area contributed by atoms with Crippen molar-refractivity contribution in [2.45, 2.75) is 190 Å². The molecule has 0 aromatic carbocycles. The van der Waals surface area contributed by atoms with E-state index in [4.69, 9.17) is 18.9 Å². The molecule has 0 saturated carbocycles. The molecule has 2 aliphatic heterocycles. The third kappa shape index (κ3) is 15.4. The average Bonchev–Trinajstić information content (AvgIpc) is 3.11. The molecule has 2 fully saturated rings. The predicted molar refractivity (Wildman–Crippen MR) is 185 cm³/mol. The van der Waals surface area contributed by atoms with Gasteiger partial charge in [0.2, 0.25) is 5.91 Å². The number of unbranched alkanes of at least 4 members (excludes halogenated alkanes) is 13. The van der Waals surface area contributed by atoms with Crippen LogP contribution in [0, 0.1) is 0 Å². The zero-order valence-electron chi connectivity index (χ0n) is 30.1. The SMILES string of the molecule is CCCCCCCCCC/C=C/C(O)C(COC1OC(CO)C(OC2OC(CO)C(O)C(O)C2O)C(O)C1O)NC(=O)CCCCCCCC. The first-order valence-electron chi connectivity index (χ1n) is 18.9. The van der Waals surface area contributed by atoms with Crippen molar-refractivity contribution in [2.75, 3.05) is 19.8 Å². The van der Waals surface area contributed by atoms with Crippen molar-refractivity contribution < 1.29 is 64.6 Å². The van der Waals surface area contributed by atoms with Crippen molar-refractivity contribution in [3.05, 3.63) is 12.2 Å². The normalized spacial score (nSPS) is 31.6. The van der Waals surface area contributed by atoms with Crippen molar-refractivity contribution in [1.29, 1.82) is 0 Å². The van der Waals surface area contributed by atoms with Gasteiger partial charge in [0.15, 0.2) is 12.6 Å². The summed E-state index contributed by atoms with van der Waals surface area (Å²) in [5.41, 5.74) is 0. The number of carbonyl (C=O) groups is 1. The van der Waals surface area contributed by atoms with Crippen LogP contribution in [-0.4, -0.2) is 140 Å². The molecule has 12 atom stereocenters. The maximum Gasteiger partial charge on any atom is 0.220 e. The summed E-state index contributed by atoms with van der Waals surface area (Å²) in [6.45, 7) is 2.63. The minimum Gasteiger partial charge on any atom is -0.394 e. The van der Waals surface area contributed by atoms with Crippen molar-refractivity contribution in [1.82, 2.24) is 5.32 Å². The van der Waals surface area contributed by atoms with E-state index in [0.29, 0.717) is 6.42 Å². The maximum atomic E-state index is 12.8. The number of rotatable bonds is 26. The zero-order valence-corrected chi connectivity index (χ0v) is 30.1. The second kappa shape index (κ2) is 25.7. The molecule has 9 N–H and O–H groups in total. The van der Waals surface area contributed by atoms with Crippen molar-refractivity contribution in [2.24, 2.45) is 0 Å². The van der Waals surface area contributed by atoms with Crippen molar-refractivity contribution in [3.63, 3.8) is 0 Å². The summed E-state index contributed by atoms with van der Waals surface area (Å²) in [4.78, 5) is 12.8. The van der Waals surface area contributed by atoms with Crippen LogP contribution in [0.5, 0.6) is 0 Å². The summed E-state index contributed by atoms with van der Waals surface area (Å²) in [6.07, 6.45) is 3.20. The lowest BCUT2D eigenvalue weighted by molar-refractivity contribution is -0.359. The van der Waals surface area contributed by atoms with Gasteiger partial charge >= 0.3 is 0 Å². The molecular formula is C36H67NO13. The highest BCUT2D eigenvalue weighted by atomic mass is 16.7. The molecule has 0 aromatic heterocycles. The van der Waals surface area contributed by atoms with Gasteiger partial charge in [-0.05, 0) is 19.3 Å². The smallest absolute Gasteiger partial charge is 0.220 e. The minimum atomic E-state index is -1.78. The first-order chi connectivity index (χ1) is 24.1. The number of carbonyl (C=O) groups excluding carboxylic acids is 1. The molecule has 14 heteroatoms. The summed E-state index contributed by atoms with van der Waals surface area (Å²) in [6, 6.07) is -0.902. The van der Waals surface area contributed by atoms with E-state index in [-0.39, 0.29) is 18.9 Å².